The third-order valence-corrected chi connectivity index (χ3v) is 4.00. The molecule has 0 saturated heterocycles. The minimum absolute atomic E-state index is 0.0957. The molecule has 2 N–H and O–H groups in total. The van der Waals surface area contributed by atoms with Gasteiger partial charge in [0.15, 0.2) is 0 Å². The zero-order chi connectivity index (χ0) is 22.2. The molecule has 0 bridgehead atoms. The second-order valence-corrected chi connectivity index (χ2v) is 8.96. The number of amides is 3. The van der Waals surface area contributed by atoms with Gasteiger partial charge in [-0.1, -0.05) is 39.0 Å². The number of rotatable bonds is 7. The predicted molar refractivity (Wildman–Crippen MR) is 114 cm³/mol. The molecule has 7 heteroatoms. The van der Waals surface area contributed by atoms with Crippen LogP contribution in [0.3, 0.4) is 0 Å². The predicted octanol–water partition coefficient (Wildman–Crippen LogP) is 3.93. The van der Waals surface area contributed by atoms with Crippen molar-refractivity contribution >= 4 is 23.6 Å². The Kier molecular flexibility index (Phi) is 8.67. The van der Waals surface area contributed by atoms with E-state index in [0.29, 0.717) is 18.8 Å². The average molecular weight is 406 g/mol. The molecule has 0 aliphatic carbocycles. The van der Waals surface area contributed by atoms with Crippen LogP contribution in [0.4, 0.5) is 10.5 Å². The number of nitrogens with one attached hydrogen (secondary N) is 2. The molecule has 0 aliphatic rings. The summed E-state index contributed by atoms with van der Waals surface area (Å²) in [5.41, 5.74) is 0.387. The lowest BCUT2D eigenvalue weighted by Gasteiger charge is -2.27. The fourth-order valence-electron chi connectivity index (χ4n) is 2.39. The van der Waals surface area contributed by atoms with E-state index in [1.807, 2.05) is 66.7 Å². The maximum absolute atomic E-state index is 12.4. The number of nitrogens with zero attached hydrogens (tertiary/aromatic N) is 1. The highest BCUT2D eigenvalue weighted by Crippen LogP contribution is 2.19. The van der Waals surface area contributed by atoms with Crippen LogP contribution in [-0.4, -0.2) is 41.5 Å². The molecule has 0 radical (unpaired) electrons. The highest BCUT2D eigenvalue weighted by atomic mass is 16.6. The molecule has 0 aliphatic heterocycles. The Morgan fingerprint density at radius 3 is 2.21 bits per heavy atom. The SMILES string of the molecule is CCN(Cc1ccccc1NC(=O)CCNC(=O)C(C)(C)C)C(=O)OC(C)(C)C. The van der Waals surface area contributed by atoms with Crippen LogP contribution in [0.15, 0.2) is 24.3 Å². The topological polar surface area (TPSA) is 87.7 Å². The summed E-state index contributed by atoms with van der Waals surface area (Å²) in [5.74, 6) is -0.298. The minimum Gasteiger partial charge on any atom is -0.444 e. The van der Waals surface area contributed by atoms with E-state index >= 15 is 0 Å². The number of benzene rings is 1. The first-order chi connectivity index (χ1) is 13.3. The van der Waals surface area contributed by atoms with Crippen LogP contribution in [-0.2, 0) is 20.9 Å². The van der Waals surface area contributed by atoms with Gasteiger partial charge in [0.25, 0.3) is 0 Å². The Bertz CT molecular complexity index is 718. The van der Waals surface area contributed by atoms with Crippen LogP contribution in [0.25, 0.3) is 0 Å². The Balaban J connectivity index is 2.72. The first kappa shape index (κ1) is 24.5. The van der Waals surface area contributed by atoms with Gasteiger partial charge in [-0.2, -0.15) is 0 Å². The molecule has 0 fully saturated rings. The molecule has 162 valence electrons. The maximum atomic E-state index is 12.4. The number of anilines is 1. The summed E-state index contributed by atoms with van der Waals surface area (Å²) < 4.78 is 5.45. The highest BCUT2D eigenvalue weighted by molar-refractivity contribution is 5.92. The number of hydrogen-bond acceptors (Lipinski definition) is 4. The Morgan fingerprint density at radius 2 is 1.66 bits per heavy atom. The van der Waals surface area contributed by atoms with Crippen molar-refractivity contribution in [2.75, 3.05) is 18.4 Å². The molecule has 1 rings (SSSR count). The lowest BCUT2D eigenvalue weighted by atomic mass is 9.96. The molecule has 7 nitrogen and oxygen atoms in total. The van der Waals surface area contributed by atoms with Crippen LogP contribution >= 0.6 is 0 Å². The van der Waals surface area contributed by atoms with E-state index in [2.05, 4.69) is 10.6 Å². The van der Waals surface area contributed by atoms with Gasteiger partial charge in [0.2, 0.25) is 11.8 Å². The fourth-order valence-corrected chi connectivity index (χ4v) is 2.39. The van der Waals surface area contributed by atoms with Gasteiger partial charge >= 0.3 is 6.09 Å². The summed E-state index contributed by atoms with van der Waals surface area (Å²) in [6, 6.07) is 7.34. The Labute approximate surface area is 174 Å². The van der Waals surface area contributed by atoms with Gasteiger partial charge in [0.1, 0.15) is 5.60 Å². The molecule has 0 aromatic heterocycles. The van der Waals surface area contributed by atoms with Crippen molar-refractivity contribution in [2.45, 2.75) is 67.0 Å². The molecule has 29 heavy (non-hydrogen) atoms. The van der Waals surface area contributed by atoms with E-state index in [-0.39, 0.29) is 24.8 Å². The highest BCUT2D eigenvalue weighted by Gasteiger charge is 2.23. The van der Waals surface area contributed by atoms with Crippen LogP contribution in [0.2, 0.25) is 0 Å². The van der Waals surface area contributed by atoms with Crippen LogP contribution in [0, 0.1) is 5.41 Å². The zero-order valence-electron chi connectivity index (χ0n) is 18.7. The van der Waals surface area contributed by atoms with Crippen molar-refractivity contribution in [3.05, 3.63) is 29.8 Å². The minimum atomic E-state index is -0.574. The molecule has 0 unspecified atom stereocenters. The summed E-state index contributed by atoms with van der Waals surface area (Å²) in [6.45, 7) is 13.9. The molecule has 0 saturated carbocycles. The average Bonchev–Trinajstić information content (AvgIpc) is 2.58. The number of carbonyl (C=O) groups excluding carboxylic acids is 3. The number of carbonyl (C=O) groups is 3. The third kappa shape index (κ3) is 8.98. The quantitative estimate of drug-likeness (QED) is 0.719. The molecule has 1 aromatic carbocycles. The van der Waals surface area contributed by atoms with Gasteiger partial charge in [-0.15, -0.1) is 0 Å². The first-order valence-electron chi connectivity index (χ1n) is 9.97. The van der Waals surface area contributed by atoms with E-state index in [4.69, 9.17) is 4.74 Å². The van der Waals surface area contributed by atoms with Gasteiger partial charge in [0, 0.05) is 30.6 Å². The molecule has 0 atom stereocenters. The van der Waals surface area contributed by atoms with E-state index in [1.165, 1.54) is 0 Å². The summed E-state index contributed by atoms with van der Waals surface area (Å²) in [6.07, 6.45) is -0.231. The second kappa shape index (κ2) is 10.3. The lowest BCUT2D eigenvalue weighted by Crippen LogP contribution is -2.37. The van der Waals surface area contributed by atoms with Crippen molar-refractivity contribution in [3.63, 3.8) is 0 Å². The van der Waals surface area contributed by atoms with E-state index in [9.17, 15) is 14.4 Å². The first-order valence-corrected chi connectivity index (χ1v) is 9.97. The lowest BCUT2D eigenvalue weighted by molar-refractivity contribution is -0.128. The summed E-state index contributed by atoms with van der Waals surface area (Å²) in [5, 5.41) is 5.63. The van der Waals surface area contributed by atoms with Crippen LogP contribution < -0.4 is 10.6 Å². The molecule has 0 spiro atoms. The Hall–Kier alpha value is -2.57. The van der Waals surface area contributed by atoms with Gasteiger partial charge in [-0.05, 0) is 39.3 Å². The van der Waals surface area contributed by atoms with E-state index in [1.54, 1.807) is 11.0 Å². The molecule has 3 amide bonds. The molecule has 0 heterocycles. The largest absolute Gasteiger partial charge is 0.444 e. The third-order valence-electron chi connectivity index (χ3n) is 4.00. The number of para-hydroxylation sites is 1. The fraction of sp³-hybridized carbons (Fsp3) is 0.591. The standard InChI is InChI=1S/C22H35N3O4/c1-8-25(20(28)29-22(5,6)7)15-16-11-9-10-12-17(16)24-18(26)13-14-23-19(27)21(2,3)4/h9-12H,8,13-15H2,1-7H3,(H,23,27)(H,24,26). The van der Waals surface area contributed by atoms with Gasteiger partial charge in [-0.25, -0.2) is 4.79 Å². The van der Waals surface area contributed by atoms with E-state index < -0.39 is 17.1 Å². The Morgan fingerprint density at radius 1 is 1.03 bits per heavy atom. The number of ether oxygens (including phenoxy) is 1. The van der Waals surface area contributed by atoms with Crippen molar-refractivity contribution in [1.29, 1.82) is 0 Å². The van der Waals surface area contributed by atoms with Crippen LogP contribution in [0.1, 0.15) is 60.5 Å². The summed E-state index contributed by atoms with van der Waals surface area (Å²) >= 11 is 0. The maximum Gasteiger partial charge on any atom is 0.410 e. The van der Waals surface area contributed by atoms with Crippen molar-refractivity contribution in [3.8, 4) is 0 Å². The van der Waals surface area contributed by atoms with Crippen molar-refractivity contribution in [1.82, 2.24) is 10.2 Å². The zero-order valence-corrected chi connectivity index (χ0v) is 18.7. The van der Waals surface area contributed by atoms with Crippen molar-refractivity contribution in [2.24, 2.45) is 5.41 Å². The van der Waals surface area contributed by atoms with E-state index in [0.717, 1.165) is 5.56 Å². The van der Waals surface area contributed by atoms with Crippen LogP contribution in [0.5, 0.6) is 0 Å². The van der Waals surface area contributed by atoms with Crippen molar-refractivity contribution < 1.29 is 19.1 Å². The summed E-state index contributed by atoms with van der Waals surface area (Å²) in [7, 11) is 0. The van der Waals surface area contributed by atoms with Gasteiger partial charge < -0.3 is 20.3 Å². The van der Waals surface area contributed by atoms with Gasteiger partial charge in [-0.3, -0.25) is 9.59 Å². The normalized spacial score (nSPS) is 11.6. The van der Waals surface area contributed by atoms with Gasteiger partial charge in [0.05, 0.1) is 6.54 Å². The smallest absolute Gasteiger partial charge is 0.410 e. The summed E-state index contributed by atoms with van der Waals surface area (Å²) in [4.78, 5) is 38.2. The second-order valence-electron chi connectivity index (χ2n) is 8.96. The molecular weight excluding hydrogens is 370 g/mol. The number of hydrogen-bond donors (Lipinski definition) is 2. The monoisotopic (exact) mass is 405 g/mol. The molecule has 1 aromatic rings. The molecular formula is C22H35N3O4.